The zero-order valence-electron chi connectivity index (χ0n) is 11.8. The smallest absolute Gasteiger partial charge is 0.182 e. The second-order valence-electron chi connectivity index (χ2n) is 4.08. The van der Waals surface area contributed by atoms with E-state index in [4.69, 9.17) is 12.2 Å². The van der Waals surface area contributed by atoms with Gasteiger partial charge in [0.25, 0.3) is 0 Å². The molecule has 8 heteroatoms. The average Bonchev–Trinajstić information content (AvgIpc) is 2.86. The molecule has 0 saturated carbocycles. The molecule has 1 heterocycles. The molecule has 0 fully saturated rings. The van der Waals surface area contributed by atoms with Crippen molar-refractivity contribution >= 4 is 42.0 Å². The van der Waals surface area contributed by atoms with E-state index < -0.39 is 11.6 Å². The number of anilines is 1. The van der Waals surface area contributed by atoms with Crippen LogP contribution in [0.5, 0.6) is 0 Å². The first kappa shape index (κ1) is 18.3. The molecule has 1 N–H and O–H groups in total. The molecule has 0 aliphatic heterocycles. The van der Waals surface area contributed by atoms with E-state index in [0.717, 1.165) is 6.07 Å². The Balaban J connectivity index is 0.000000745. The molecule has 0 aliphatic rings. The predicted molar refractivity (Wildman–Crippen MR) is 88.8 cm³/mol. The molecular formula is C14H14F2N2O2S2. The lowest BCUT2D eigenvalue weighted by atomic mass is 10.2. The van der Waals surface area contributed by atoms with Crippen molar-refractivity contribution in [1.82, 2.24) is 3.97 Å². The van der Waals surface area contributed by atoms with Crippen LogP contribution in [0.2, 0.25) is 0 Å². The number of carbonyl (C=O) groups excluding carboxylic acids is 1. The molecule has 0 spiro atoms. The fourth-order valence-electron chi connectivity index (χ4n) is 1.48. The molecule has 0 aliphatic carbocycles. The van der Waals surface area contributed by atoms with Crippen molar-refractivity contribution in [2.45, 2.75) is 0 Å². The number of ether oxygens (including phenoxy) is 1. The van der Waals surface area contributed by atoms with Crippen molar-refractivity contribution in [3.8, 4) is 0 Å². The van der Waals surface area contributed by atoms with E-state index in [1.54, 1.807) is 14.2 Å². The Hall–Kier alpha value is -1.77. The van der Waals surface area contributed by atoms with Crippen molar-refractivity contribution in [2.75, 3.05) is 19.5 Å². The molecule has 2 aromatic rings. The lowest BCUT2D eigenvalue weighted by Crippen LogP contribution is -2.11. The Morgan fingerprint density at radius 1 is 1.41 bits per heavy atom. The standard InChI is InChI=1S/C12H8F2N2OS2.C2H6O/c13-9-2-1-3-10(11(9)14)15-12(18)7-4-8(6-17)16(19)5-7;1-3-2/h1-6,19H,(H,15,18);1-2H3. The van der Waals surface area contributed by atoms with Gasteiger partial charge in [0.2, 0.25) is 0 Å². The maximum absolute atomic E-state index is 13.5. The van der Waals surface area contributed by atoms with Gasteiger partial charge in [-0.05, 0) is 18.2 Å². The van der Waals surface area contributed by atoms with Gasteiger partial charge in [0, 0.05) is 26.0 Å². The van der Waals surface area contributed by atoms with Crippen molar-refractivity contribution in [3.63, 3.8) is 0 Å². The van der Waals surface area contributed by atoms with E-state index >= 15 is 0 Å². The lowest BCUT2D eigenvalue weighted by Gasteiger charge is -2.07. The largest absolute Gasteiger partial charge is 0.388 e. The van der Waals surface area contributed by atoms with Crippen LogP contribution in [0.15, 0.2) is 30.5 Å². The summed E-state index contributed by atoms with van der Waals surface area (Å²) < 4.78 is 32.0. The fraction of sp³-hybridized carbons (Fsp3) is 0.143. The molecule has 0 bridgehead atoms. The second kappa shape index (κ2) is 8.62. The number of benzene rings is 1. The summed E-state index contributed by atoms with van der Waals surface area (Å²) in [4.78, 5) is 10.8. The van der Waals surface area contributed by atoms with Gasteiger partial charge in [-0.3, -0.25) is 8.77 Å². The third kappa shape index (κ3) is 4.62. The number of carbonyl (C=O) groups is 1. The molecule has 0 atom stereocenters. The molecule has 118 valence electrons. The number of aldehydes is 1. The number of hydrogen-bond donors (Lipinski definition) is 2. The number of hydrogen-bond acceptors (Lipinski definition) is 4. The SMILES string of the molecule is COC.O=Cc1cc(C(=S)Nc2cccc(F)c2F)cn1S. The summed E-state index contributed by atoms with van der Waals surface area (Å²) >= 11 is 9.08. The van der Waals surface area contributed by atoms with E-state index in [0.29, 0.717) is 17.5 Å². The van der Waals surface area contributed by atoms with Crippen LogP contribution < -0.4 is 5.32 Å². The van der Waals surface area contributed by atoms with Crippen molar-refractivity contribution in [2.24, 2.45) is 0 Å². The predicted octanol–water partition coefficient (Wildman–Crippen LogP) is 3.32. The molecule has 22 heavy (non-hydrogen) atoms. The number of nitrogens with zero attached hydrogens (tertiary/aromatic N) is 1. The quantitative estimate of drug-likeness (QED) is 0.509. The Bertz CT molecular complexity index is 675. The highest BCUT2D eigenvalue weighted by Gasteiger charge is 2.12. The van der Waals surface area contributed by atoms with Crippen LogP contribution in [0.1, 0.15) is 16.1 Å². The molecule has 1 aromatic heterocycles. The van der Waals surface area contributed by atoms with Gasteiger partial charge >= 0.3 is 0 Å². The molecule has 0 radical (unpaired) electrons. The number of methoxy groups -OCH3 is 1. The van der Waals surface area contributed by atoms with Gasteiger partial charge in [0.05, 0.1) is 11.4 Å². The molecule has 0 saturated heterocycles. The van der Waals surface area contributed by atoms with Gasteiger partial charge in [-0.15, -0.1) is 0 Å². The number of thiol groups is 1. The van der Waals surface area contributed by atoms with Gasteiger partial charge < -0.3 is 10.1 Å². The fourth-order valence-corrected chi connectivity index (χ4v) is 1.93. The third-order valence-corrected chi connectivity index (χ3v) is 3.10. The first-order chi connectivity index (χ1) is 10.4. The number of nitrogens with one attached hydrogen (secondary N) is 1. The summed E-state index contributed by atoms with van der Waals surface area (Å²) in [6.45, 7) is 0. The van der Waals surface area contributed by atoms with E-state index in [9.17, 15) is 13.6 Å². The van der Waals surface area contributed by atoms with E-state index in [1.807, 2.05) is 0 Å². The van der Waals surface area contributed by atoms with Gasteiger partial charge in [-0.25, -0.2) is 8.78 Å². The highest BCUT2D eigenvalue weighted by Crippen LogP contribution is 2.18. The molecule has 0 amide bonds. The normalized spacial score (nSPS) is 9.68. The molecular weight excluding hydrogens is 330 g/mol. The molecule has 0 unspecified atom stereocenters. The van der Waals surface area contributed by atoms with Crippen molar-refractivity contribution in [1.29, 1.82) is 0 Å². The van der Waals surface area contributed by atoms with Crippen molar-refractivity contribution < 1.29 is 18.3 Å². The minimum Gasteiger partial charge on any atom is -0.388 e. The number of thiocarbonyl (C=S) groups is 1. The number of aromatic nitrogens is 1. The first-order valence-corrected chi connectivity index (χ1v) is 6.77. The highest BCUT2D eigenvalue weighted by atomic mass is 32.1. The van der Waals surface area contributed by atoms with E-state index in [1.165, 1.54) is 28.4 Å². The van der Waals surface area contributed by atoms with Crippen LogP contribution in [0.4, 0.5) is 14.5 Å². The zero-order valence-corrected chi connectivity index (χ0v) is 13.6. The monoisotopic (exact) mass is 344 g/mol. The van der Waals surface area contributed by atoms with Crippen LogP contribution in [-0.2, 0) is 4.74 Å². The van der Waals surface area contributed by atoms with Crippen LogP contribution in [0.3, 0.4) is 0 Å². The van der Waals surface area contributed by atoms with E-state index in [2.05, 4.69) is 22.9 Å². The topological polar surface area (TPSA) is 43.3 Å². The average molecular weight is 344 g/mol. The Kier molecular flexibility index (Phi) is 7.16. The summed E-state index contributed by atoms with van der Waals surface area (Å²) in [6.07, 6.45) is 2.11. The van der Waals surface area contributed by atoms with Crippen LogP contribution in [0, 0.1) is 11.6 Å². The Morgan fingerprint density at radius 3 is 2.59 bits per heavy atom. The van der Waals surface area contributed by atoms with E-state index in [-0.39, 0.29) is 10.7 Å². The van der Waals surface area contributed by atoms with Gasteiger partial charge in [-0.2, -0.15) is 0 Å². The second-order valence-corrected chi connectivity index (χ2v) is 4.92. The number of halogens is 2. The molecule has 4 nitrogen and oxygen atoms in total. The summed E-state index contributed by atoms with van der Waals surface area (Å²) in [5, 5.41) is 2.59. The van der Waals surface area contributed by atoms with Crippen LogP contribution in [-0.4, -0.2) is 29.5 Å². The summed E-state index contributed by atoms with van der Waals surface area (Å²) in [5.74, 6) is -1.97. The highest BCUT2D eigenvalue weighted by molar-refractivity contribution is 7.81. The van der Waals surface area contributed by atoms with Gasteiger partial charge in [-0.1, -0.05) is 31.1 Å². The van der Waals surface area contributed by atoms with Gasteiger partial charge in [0.1, 0.15) is 4.99 Å². The van der Waals surface area contributed by atoms with Crippen molar-refractivity contribution in [3.05, 3.63) is 53.4 Å². The lowest BCUT2D eigenvalue weighted by molar-refractivity contribution is 0.111. The summed E-state index contributed by atoms with van der Waals surface area (Å²) in [6, 6.07) is 5.23. The van der Waals surface area contributed by atoms with Gasteiger partial charge in [0.15, 0.2) is 17.9 Å². The third-order valence-electron chi connectivity index (χ3n) is 2.41. The Morgan fingerprint density at radius 2 is 2.05 bits per heavy atom. The summed E-state index contributed by atoms with van der Waals surface area (Å²) in [7, 11) is 3.25. The maximum atomic E-state index is 13.5. The summed E-state index contributed by atoms with van der Waals surface area (Å²) in [5.41, 5.74) is 0.725. The van der Waals surface area contributed by atoms with Crippen LogP contribution >= 0.6 is 25.0 Å². The maximum Gasteiger partial charge on any atom is 0.182 e. The zero-order chi connectivity index (χ0) is 16.7. The minimum absolute atomic E-state index is 0.0652. The van der Waals surface area contributed by atoms with Crippen LogP contribution in [0.25, 0.3) is 0 Å². The Labute approximate surface area is 137 Å². The molecule has 2 rings (SSSR count). The molecule has 1 aromatic carbocycles. The number of rotatable bonds is 3. The first-order valence-electron chi connectivity index (χ1n) is 5.96. The minimum atomic E-state index is -1.01.